The third-order valence-electron chi connectivity index (χ3n) is 3.68. The van der Waals surface area contributed by atoms with Crippen LogP contribution in [-0.4, -0.2) is 36.5 Å². The van der Waals surface area contributed by atoms with Gasteiger partial charge < -0.3 is 20.5 Å². The van der Waals surface area contributed by atoms with E-state index in [1.165, 1.54) is 4.90 Å². The van der Waals surface area contributed by atoms with E-state index < -0.39 is 0 Å². The number of benzene rings is 2. The fraction of sp³-hybridized carbons (Fsp3) is 0.350. The van der Waals surface area contributed by atoms with Crippen molar-refractivity contribution < 1.29 is 9.84 Å². The first-order chi connectivity index (χ1) is 12.6. The van der Waals surface area contributed by atoms with E-state index in [1.54, 1.807) is 25.3 Å². The predicted octanol–water partition coefficient (Wildman–Crippen LogP) is 4.25. The van der Waals surface area contributed by atoms with Crippen molar-refractivity contribution in [2.75, 3.05) is 20.2 Å². The number of aliphatic imine (C=N–C) groups is 1. The minimum atomic E-state index is 0. The average molecular weight is 501 g/mol. The van der Waals surface area contributed by atoms with E-state index in [9.17, 15) is 5.11 Å². The lowest BCUT2D eigenvalue weighted by Crippen LogP contribution is -2.40. The first-order valence-electron chi connectivity index (χ1n) is 8.72. The van der Waals surface area contributed by atoms with Gasteiger partial charge in [0.1, 0.15) is 11.5 Å². The fourth-order valence-corrected chi connectivity index (χ4v) is 3.28. The summed E-state index contributed by atoms with van der Waals surface area (Å²) >= 11 is 1.82. The number of methoxy groups -OCH3 is 1. The molecule has 2 rings (SSSR count). The zero-order valence-electron chi connectivity index (χ0n) is 15.9. The number of rotatable bonds is 8. The summed E-state index contributed by atoms with van der Waals surface area (Å²) in [5.74, 6) is 1.66. The van der Waals surface area contributed by atoms with Crippen LogP contribution in [0.5, 0.6) is 11.5 Å². The summed E-state index contributed by atoms with van der Waals surface area (Å²) in [7, 11) is 1.61. The Kier molecular flexibility index (Phi) is 11.0. The smallest absolute Gasteiger partial charge is 0.191 e. The quantitative estimate of drug-likeness (QED) is 0.219. The minimum Gasteiger partial charge on any atom is -0.508 e. The number of nitrogens with zero attached hydrogens (tertiary/aromatic N) is 1. The highest BCUT2D eigenvalue weighted by molar-refractivity contribution is 14.0. The van der Waals surface area contributed by atoms with E-state index >= 15 is 0 Å². The van der Waals surface area contributed by atoms with Gasteiger partial charge in [0.25, 0.3) is 0 Å². The van der Waals surface area contributed by atoms with Crippen molar-refractivity contribution in [3.63, 3.8) is 0 Å². The van der Waals surface area contributed by atoms with Crippen LogP contribution in [0.1, 0.15) is 19.4 Å². The van der Waals surface area contributed by atoms with Crippen LogP contribution in [0.3, 0.4) is 0 Å². The van der Waals surface area contributed by atoms with Gasteiger partial charge in [0.15, 0.2) is 5.96 Å². The van der Waals surface area contributed by atoms with Crippen molar-refractivity contribution in [1.82, 2.24) is 10.6 Å². The number of guanidine groups is 1. The number of aromatic hydroxyl groups is 1. The molecule has 2 aromatic rings. The summed E-state index contributed by atoms with van der Waals surface area (Å²) in [4.78, 5) is 5.82. The highest BCUT2D eigenvalue weighted by atomic mass is 127. The van der Waals surface area contributed by atoms with Crippen molar-refractivity contribution >= 4 is 41.7 Å². The maximum atomic E-state index is 9.99. The van der Waals surface area contributed by atoms with Gasteiger partial charge in [-0.05, 0) is 37.3 Å². The standard InChI is InChI=1S/C20H27N3O2S.HI/c1-4-21-20(22-13-15(2)26-18-8-6-5-7-9-18)23-14-16-12-17(25-3)10-11-19(16)24;/h5-12,15,24H,4,13-14H2,1-3H3,(H2,21,22,23);1H. The fourth-order valence-electron chi connectivity index (χ4n) is 2.33. The molecule has 0 heterocycles. The predicted molar refractivity (Wildman–Crippen MR) is 125 cm³/mol. The third-order valence-corrected chi connectivity index (χ3v) is 4.79. The van der Waals surface area contributed by atoms with Gasteiger partial charge in [0.05, 0.1) is 13.7 Å². The first-order valence-corrected chi connectivity index (χ1v) is 9.60. The Balaban J connectivity index is 0.00000364. The van der Waals surface area contributed by atoms with Crippen LogP contribution in [0.25, 0.3) is 0 Å². The van der Waals surface area contributed by atoms with E-state index in [4.69, 9.17) is 4.74 Å². The number of hydrogen-bond acceptors (Lipinski definition) is 4. The highest BCUT2D eigenvalue weighted by Gasteiger charge is 2.07. The van der Waals surface area contributed by atoms with Gasteiger partial charge in [-0.3, -0.25) is 0 Å². The van der Waals surface area contributed by atoms with Crippen molar-refractivity contribution in [3.05, 3.63) is 54.1 Å². The van der Waals surface area contributed by atoms with Crippen LogP contribution in [0.15, 0.2) is 58.4 Å². The second kappa shape index (κ2) is 12.7. The summed E-state index contributed by atoms with van der Waals surface area (Å²) < 4.78 is 5.21. The topological polar surface area (TPSA) is 65.9 Å². The van der Waals surface area contributed by atoms with Gasteiger partial charge in [-0.1, -0.05) is 25.1 Å². The Hall–Kier alpha value is -1.61. The molecule has 0 aliphatic rings. The number of nitrogens with one attached hydrogen (secondary N) is 2. The molecule has 1 unspecified atom stereocenters. The monoisotopic (exact) mass is 501 g/mol. The van der Waals surface area contributed by atoms with Gasteiger partial charge in [-0.25, -0.2) is 4.99 Å². The zero-order valence-corrected chi connectivity index (χ0v) is 19.1. The largest absolute Gasteiger partial charge is 0.508 e. The van der Waals surface area contributed by atoms with Crippen LogP contribution in [0, 0.1) is 0 Å². The highest BCUT2D eigenvalue weighted by Crippen LogP contribution is 2.24. The van der Waals surface area contributed by atoms with Crippen molar-refractivity contribution in [2.45, 2.75) is 30.5 Å². The number of halogens is 1. The van der Waals surface area contributed by atoms with E-state index in [0.717, 1.165) is 24.6 Å². The van der Waals surface area contributed by atoms with Gasteiger partial charge in [0.2, 0.25) is 0 Å². The molecule has 1 atom stereocenters. The van der Waals surface area contributed by atoms with Crippen molar-refractivity contribution in [1.29, 1.82) is 0 Å². The van der Waals surface area contributed by atoms with Crippen LogP contribution < -0.4 is 15.4 Å². The summed E-state index contributed by atoms with van der Waals surface area (Å²) in [6, 6.07) is 15.5. The van der Waals surface area contributed by atoms with Crippen LogP contribution in [-0.2, 0) is 6.54 Å². The summed E-state index contributed by atoms with van der Waals surface area (Å²) in [5, 5.41) is 17.0. The lowest BCUT2D eigenvalue weighted by Gasteiger charge is -2.16. The summed E-state index contributed by atoms with van der Waals surface area (Å²) in [5.41, 5.74) is 0.730. The molecule has 0 aromatic heterocycles. The van der Waals surface area contributed by atoms with Gasteiger partial charge in [-0.2, -0.15) is 0 Å². The zero-order chi connectivity index (χ0) is 18.8. The number of hydrogen-bond donors (Lipinski definition) is 3. The van der Waals surface area contributed by atoms with Crippen LogP contribution in [0.4, 0.5) is 0 Å². The molecule has 0 spiro atoms. The number of phenols is 1. The van der Waals surface area contributed by atoms with Gasteiger partial charge in [0, 0.05) is 28.8 Å². The Bertz CT molecular complexity index is 714. The maximum Gasteiger partial charge on any atom is 0.191 e. The molecule has 0 bridgehead atoms. The minimum absolute atomic E-state index is 0. The van der Waals surface area contributed by atoms with Crippen LogP contribution in [0.2, 0.25) is 0 Å². The lowest BCUT2D eigenvalue weighted by molar-refractivity contribution is 0.411. The molecule has 0 aliphatic heterocycles. The second-order valence-electron chi connectivity index (χ2n) is 5.81. The van der Waals surface area contributed by atoms with E-state index in [-0.39, 0.29) is 29.7 Å². The van der Waals surface area contributed by atoms with Crippen LogP contribution >= 0.6 is 35.7 Å². The first kappa shape index (κ1) is 23.4. The number of ether oxygens (including phenoxy) is 1. The molecule has 148 valence electrons. The SMILES string of the molecule is CCNC(=NCc1cc(OC)ccc1O)NCC(C)Sc1ccccc1.I. The number of phenolic OH excluding ortho intramolecular Hbond substituents is 1. The molecule has 0 aliphatic carbocycles. The van der Waals surface area contributed by atoms with Gasteiger partial charge in [-0.15, -0.1) is 35.7 Å². The van der Waals surface area contributed by atoms with E-state index in [1.807, 2.05) is 24.8 Å². The summed E-state index contributed by atoms with van der Waals surface area (Å²) in [6.45, 7) is 6.15. The molecule has 5 nitrogen and oxygen atoms in total. The molecule has 3 N–H and O–H groups in total. The van der Waals surface area contributed by atoms with Crippen molar-refractivity contribution in [3.8, 4) is 11.5 Å². The molecule has 27 heavy (non-hydrogen) atoms. The Morgan fingerprint density at radius 3 is 2.59 bits per heavy atom. The molecule has 2 aromatic carbocycles. The second-order valence-corrected chi connectivity index (χ2v) is 7.32. The molecular weight excluding hydrogens is 473 g/mol. The van der Waals surface area contributed by atoms with E-state index in [2.05, 4.69) is 46.8 Å². The number of thioether (sulfide) groups is 1. The molecule has 0 radical (unpaired) electrons. The molecule has 0 amide bonds. The third kappa shape index (κ3) is 8.30. The Morgan fingerprint density at radius 2 is 1.93 bits per heavy atom. The Morgan fingerprint density at radius 1 is 1.19 bits per heavy atom. The van der Waals surface area contributed by atoms with E-state index in [0.29, 0.717) is 17.5 Å². The Labute approximate surface area is 183 Å². The normalized spacial score (nSPS) is 12.0. The molecular formula is C20H28IN3O2S. The maximum absolute atomic E-state index is 9.99. The molecule has 0 fully saturated rings. The average Bonchev–Trinajstić information content (AvgIpc) is 2.66. The molecule has 0 saturated carbocycles. The van der Waals surface area contributed by atoms with Crippen molar-refractivity contribution in [2.24, 2.45) is 4.99 Å². The van der Waals surface area contributed by atoms with Gasteiger partial charge >= 0.3 is 0 Å². The lowest BCUT2D eigenvalue weighted by atomic mass is 10.2. The summed E-state index contributed by atoms with van der Waals surface area (Å²) in [6.07, 6.45) is 0. The molecule has 7 heteroatoms. The molecule has 0 saturated heterocycles.